The Labute approximate surface area is 152 Å². The number of aryl methyl sites for hydroxylation is 1. The lowest BCUT2D eigenvalue weighted by Crippen LogP contribution is -2.43. The normalized spacial score (nSPS) is 28.0. The summed E-state index contributed by atoms with van der Waals surface area (Å²) in [6.45, 7) is 0.773. The Morgan fingerprint density at radius 1 is 1.23 bits per heavy atom. The van der Waals surface area contributed by atoms with Crippen molar-refractivity contribution in [3.63, 3.8) is 0 Å². The van der Waals surface area contributed by atoms with Crippen molar-refractivity contribution in [3.8, 4) is 0 Å². The van der Waals surface area contributed by atoms with E-state index in [1.54, 1.807) is 28.9 Å². The van der Waals surface area contributed by atoms with Gasteiger partial charge in [-0.1, -0.05) is 30.3 Å². The van der Waals surface area contributed by atoms with Gasteiger partial charge in [0.2, 0.25) is 0 Å². The first kappa shape index (κ1) is 16.8. The molecule has 4 rings (SSSR count). The second-order valence-corrected chi connectivity index (χ2v) is 7.60. The van der Waals surface area contributed by atoms with Gasteiger partial charge in [-0.05, 0) is 42.7 Å². The van der Waals surface area contributed by atoms with E-state index in [0.29, 0.717) is 24.6 Å². The van der Waals surface area contributed by atoms with E-state index in [2.05, 4.69) is 17.2 Å². The molecule has 1 aromatic carbocycles. The molecule has 6 heteroatoms. The fourth-order valence-corrected chi connectivity index (χ4v) is 4.67. The van der Waals surface area contributed by atoms with Crippen molar-refractivity contribution in [2.45, 2.75) is 25.2 Å². The first-order valence-corrected chi connectivity index (χ1v) is 9.07. The monoisotopic (exact) mass is 353 g/mol. The van der Waals surface area contributed by atoms with Gasteiger partial charge in [0.05, 0.1) is 5.41 Å². The van der Waals surface area contributed by atoms with Crippen LogP contribution in [0.3, 0.4) is 0 Å². The van der Waals surface area contributed by atoms with Crippen LogP contribution in [0.4, 0.5) is 0 Å². The highest BCUT2D eigenvalue weighted by molar-refractivity contribution is 5.93. The molecule has 1 N–H and O–H groups in total. The van der Waals surface area contributed by atoms with Crippen molar-refractivity contribution in [1.82, 2.24) is 14.7 Å². The smallest absolute Gasteiger partial charge is 0.311 e. The maximum atomic E-state index is 12.8. The molecule has 1 amide bonds. The molecule has 0 bridgehead atoms. The third-order valence-electron chi connectivity index (χ3n) is 6.12. The van der Waals surface area contributed by atoms with Crippen LogP contribution < -0.4 is 0 Å². The van der Waals surface area contributed by atoms with E-state index in [1.807, 2.05) is 18.2 Å². The molecule has 1 aliphatic heterocycles. The quantitative estimate of drug-likeness (QED) is 0.920. The minimum absolute atomic E-state index is 0.0216. The van der Waals surface area contributed by atoms with Crippen LogP contribution in [0.2, 0.25) is 0 Å². The third-order valence-corrected chi connectivity index (χ3v) is 6.12. The number of likely N-dealkylation sites (tertiary alicyclic amines) is 1. The number of amides is 1. The molecule has 1 saturated heterocycles. The largest absolute Gasteiger partial charge is 0.481 e. The van der Waals surface area contributed by atoms with Crippen molar-refractivity contribution in [2.24, 2.45) is 18.4 Å². The topological polar surface area (TPSA) is 75.4 Å². The average Bonchev–Trinajstić information content (AvgIpc) is 3.25. The minimum atomic E-state index is -0.824. The number of aromatic nitrogens is 2. The van der Waals surface area contributed by atoms with E-state index >= 15 is 0 Å². The summed E-state index contributed by atoms with van der Waals surface area (Å²) in [5.41, 5.74) is 0.822. The molecule has 1 saturated carbocycles. The zero-order valence-electron chi connectivity index (χ0n) is 14.8. The van der Waals surface area contributed by atoms with Gasteiger partial charge >= 0.3 is 5.97 Å². The van der Waals surface area contributed by atoms with Crippen LogP contribution >= 0.6 is 0 Å². The summed E-state index contributed by atoms with van der Waals surface area (Å²) in [4.78, 5) is 26.6. The van der Waals surface area contributed by atoms with Crippen LogP contribution in [0.5, 0.6) is 0 Å². The summed E-state index contributed by atoms with van der Waals surface area (Å²) in [6.07, 6.45) is 3.99. The van der Waals surface area contributed by atoms with Gasteiger partial charge in [-0.3, -0.25) is 14.3 Å². The van der Waals surface area contributed by atoms with E-state index in [-0.39, 0.29) is 18.4 Å². The van der Waals surface area contributed by atoms with Gasteiger partial charge in [0.1, 0.15) is 5.69 Å². The number of fused-ring (bicyclic) bond motifs is 1. The van der Waals surface area contributed by atoms with Crippen molar-refractivity contribution < 1.29 is 14.7 Å². The third kappa shape index (κ3) is 2.69. The zero-order chi connectivity index (χ0) is 18.3. The molecule has 2 heterocycles. The van der Waals surface area contributed by atoms with Crippen LogP contribution in [0.25, 0.3) is 0 Å². The molecule has 2 aromatic rings. The number of hydrogen-bond acceptors (Lipinski definition) is 3. The fraction of sp³-hybridized carbons (Fsp3) is 0.450. The fourth-order valence-electron chi connectivity index (χ4n) is 4.67. The van der Waals surface area contributed by atoms with Gasteiger partial charge in [0.15, 0.2) is 0 Å². The van der Waals surface area contributed by atoms with Gasteiger partial charge in [-0.15, -0.1) is 0 Å². The number of aliphatic carboxylic acids is 1. The highest BCUT2D eigenvalue weighted by Crippen LogP contribution is 2.51. The Morgan fingerprint density at radius 2 is 2.00 bits per heavy atom. The number of carboxylic acid groups (broad SMARTS) is 1. The van der Waals surface area contributed by atoms with Gasteiger partial charge in [0.25, 0.3) is 5.91 Å². The Morgan fingerprint density at radius 3 is 2.65 bits per heavy atom. The maximum absolute atomic E-state index is 12.8. The van der Waals surface area contributed by atoms with E-state index in [4.69, 9.17) is 0 Å². The lowest BCUT2D eigenvalue weighted by Gasteiger charge is -2.38. The summed E-state index contributed by atoms with van der Waals surface area (Å²) in [5.74, 6) is -0.604. The van der Waals surface area contributed by atoms with Crippen LogP contribution in [-0.4, -0.2) is 44.8 Å². The second-order valence-electron chi connectivity index (χ2n) is 7.60. The maximum Gasteiger partial charge on any atom is 0.311 e. The average molecular weight is 353 g/mol. The molecule has 1 aromatic heterocycles. The van der Waals surface area contributed by atoms with Crippen LogP contribution in [-0.2, 0) is 11.8 Å². The van der Waals surface area contributed by atoms with Gasteiger partial charge in [-0.25, -0.2) is 0 Å². The van der Waals surface area contributed by atoms with E-state index in [1.165, 1.54) is 5.56 Å². The molecular weight excluding hydrogens is 330 g/mol. The Kier molecular flexibility index (Phi) is 4.05. The van der Waals surface area contributed by atoms with Crippen LogP contribution in [0.15, 0.2) is 42.6 Å². The number of hydrogen-bond donors (Lipinski definition) is 1. The minimum Gasteiger partial charge on any atom is -0.481 e. The molecule has 2 fully saturated rings. The first-order valence-electron chi connectivity index (χ1n) is 9.07. The van der Waals surface area contributed by atoms with Gasteiger partial charge in [-0.2, -0.15) is 5.10 Å². The predicted molar refractivity (Wildman–Crippen MR) is 95.7 cm³/mol. The lowest BCUT2D eigenvalue weighted by molar-refractivity contribution is -0.152. The van der Waals surface area contributed by atoms with E-state index in [0.717, 1.165) is 12.8 Å². The van der Waals surface area contributed by atoms with E-state index in [9.17, 15) is 14.7 Å². The van der Waals surface area contributed by atoms with Gasteiger partial charge in [0, 0.05) is 26.3 Å². The zero-order valence-corrected chi connectivity index (χ0v) is 14.8. The molecule has 26 heavy (non-hydrogen) atoms. The highest BCUT2D eigenvalue weighted by Gasteiger charge is 2.56. The Bertz CT molecular complexity index is 832. The van der Waals surface area contributed by atoms with Crippen LogP contribution in [0.1, 0.15) is 41.2 Å². The summed E-state index contributed by atoms with van der Waals surface area (Å²) >= 11 is 0. The van der Waals surface area contributed by atoms with E-state index < -0.39 is 11.4 Å². The molecule has 0 spiro atoms. The number of carbonyl (C=O) groups excluding carboxylic acids is 1. The summed E-state index contributed by atoms with van der Waals surface area (Å²) in [7, 11) is 1.77. The Balaban J connectivity index is 1.57. The van der Waals surface area contributed by atoms with Crippen molar-refractivity contribution in [3.05, 3.63) is 53.9 Å². The number of benzene rings is 1. The molecule has 136 valence electrons. The van der Waals surface area contributed by atoms with Crippen LogP contribution in [0, 0.1) is 11.3 Å². The van der Waals surface area contributed by atoms with Crippen molar-refractivity contribution in [1.29, 1.82) is 0 Å². The molecule has 0 radical (unpaired) electrons. The van der Waals surface area contributed by atoms with Crippen molar-refractivity contribution in [2.75, 3.05) is 13.1 Å². The summed E-state index contributed by atoms with van der Waals surface area (Å²) in [5, 5.41) is 14.2. The predicted octanol–water partition coefficient (Wildman–Crippen LogP) is 2.53. The molecular formula is C20H23N3O3. The summed E-state index contributed by atoms with van der Waals surface area (Å²) in [6, 6.07) is 12.0. The lowest BCUT2D eigenvalue weighted by atomic mass is 9.64. The SMILES string of the molecule is Cn1ccc(C(=O)N2C[C@@H]3C[C@@H](c4ccccc4)CC[C@]3(C(=O)O)C2)n1. The number of nitrogens with zero attached hydrogens (tertiary/aromatic N) is 3. The first-order chi connectivity index (χ1) is 12.5. The molecule has 6 nitrogen and oxygen atoms in total. The second kappa shape index (κ2) is 6.27. The molecule has 0 unspecified atom stereocenters. The number of rotatable bonds is 3. The number of carbonyl (C=O) groups is 2. The highest BCUT2D eigenvalue weighted by atomic mass is 16.4. The molecule has 1 aliphatic carbocycles. The molecule has 2 aliphatic rings. The number of carboxylic acids is 1. The Hall–Kier alpha value is -2.63. The van der Waals surface area contributed by atoms with Gasteiger partial charge < -0.3 is 10.0 Å². The summed E-state index contributed by atoms with van der Waals surface area (Å²) < 4.78 is 1.59. The standard InChI is InChI=1S/C20H23N3O3/c1-22-10-8-17(21-22)18(24)23-12-16-11-15(14-5-3-2-4-6-14)7-9-20(16,13-23)19(25)26/h2-6,8,10,15-16H,7,9,11-13H2,1H3,(H,25,26)/t15-,16-,20-/m0/s1. The molecule has 3 atom stereocenters. The van der Waals surface area contributed by atoms with Crippen molar-refractivity contribution >= 4 is 11.9 Å².